The molecule has 1 saturated carbocycles. The minimum absolute atomic E-state index is 0.0674. The van der Waals surface area contributed by atoms with Crippen LogP contribution in [0.25, 0.3) is 0 Å². The van der Waals surface area contributed by atoms with Crippen molar-refractivity contribution in [1.29, 1.82) is 5.26 Å². The molecule has 6 nitrogen and oxygen atoms in total. The van der Waals surface area contributed by atoms with Crippen LogP contribution in [0.5, 0.6) is 0 Å². The van der Waals surface area contributed by atoms with Crippen LogP contribution in [-0.2, 0) is 19.7 Å². The Balaban J connectivity index is 1.60. The Morgan fingerprint density at radius 2 is 1.93 bits per heavy atom. The van der Waals surface area contributed by atoms with Gasteiger partial charge in [0.25, 0.3) is 0 Å². The number of nitrogens with one attached hydrogen (secondary N) is 2. The van der Waals surface area contributed by atoms with Gasteiger partial charge in [-0.1, -0.05) is 62.2 Å². The second kappa shape index (κ2) is 10.5. The molecule has 2 aliphatic heterocycles. The largest absolute Gasteiger partial charge is 0.355 e. The van der Waals surface area contributed by atoms with Gasteiger partial charge in [-0.15, -0.1) is 0 Å². The number of amides is 1. The Hall–Kier alpha value is -2.28. The highest BCUT2D eigenvalue weighted by atomic mass is 35.5. The predicted octanol–water partition coefficient (Wildman–Crippen LogP) is 6.25. The van der Waals surface area contributed by atoms with Gasteiger partial charge in [0, 0.05) is 18.0 Å². The standard InChI is InChI=1S/C31H35Cl2F2N3O3/c1-28(2,3)23-14-31(23)30(16-36,17-9-10-20(32)22(34)13-17)24(19-7-6-8-21(33)25(19)35)26(38-31)27(39)37-12-11-18-15-40-29(4,5)41-18/h6-10,13,18,23-24,26,38H,11-12,14-15H2,1-5H3,(H,37,39)/t18-,23-,24-,26+,30+,31?/m0/s1. The maximum Gasteiger partial charge on any atom is 0.237 e. The van der Waals surface area contributed by atoms with Crippen LogP contribution in [0.2, 0.25) is 10.0 Å². The summed E-state index contributed by atoms with van der Waals surface area (Å²) in [4.78, 5) is 13.9. The highest BCUT2D eigenvalue weighted by Crippen LogP contribution is 2.70. The molecule has 1 aliphatic carbocycles. The number of benzene rings is 2. The van der Waals surface area contributed by atoms with Gasteiger partial charge in [0.15, 0.2) is 5.79 Å². The van der Waals surface area contributed by atoms with E-state index in [4.69, 9.17) is 32.7 Å². The van der Waals surface area contributed by atoms with Crippen molar-refractivity contribution in [3.63, 3.8) is 0 Å². The van der Waals surface area contributed by atoms with Crippen LogP contribution in [0.3, 0.4) is 0 Å². The Labute approximate surface area is 249 Å². The maximum absolute atomic E-state index is 15.8. The summed E-state index contributed by atoms with van der Waals surface area (Å²) in [7, 11) is 0. The zero-order valence-electron chi connectivity index (χ0n) is 23.8. The molecule has 5 rings (SSSR count). The second-order valence-corrected chi connectivity index (χ2v) is 13.7. The first-order valence-corrected chi connectivity index (χ1v) is 14.6. The van der Waals surface area contributed by atoms with E-state index in [1.165, 1.54) is 18.2 Å². The summed E-state index contributed by atoms with van der Waals surface area (Å²) in [6.07, 6.45) is 0.872. The van der Waals surface area contributed by atoms with E-state index < -0.39 is 46.2 Å². The quantitative estimate of drug-likeness (QED) is 0.406. The topological polar surface area (TPSA) is 83.4 Å². The highest BCUT2D eigenvalue weighted by Gasteiger charge is 2.78. The van der Waals surface area contributed by atoms with E-state index in [2.05, 4.69) is 37.5 Å². The number of nitriles is 1. The van der Waals surface area contributed by atoms with Gasteiger partial charge in [0.05, 0.1) is 34.9 Å². The van der Waals surface area contributed by atoms with E-state index in [0.29, 0.717) is 25.0 Å². The zero-order valence-corrected chi connectivity index (χ0v) is 25.3. The van der Waals surface area contributed by atoms with Crippen LogP contribution in [0.15, 0.2) is 36.4 Å². The first-order chi connectivity index (χ1) is 19.2. The van der Waals surface area contributed by atoms with Crippen LogP contribution < -0.4 is 10.6 Å². The second-order valence-electron chi connectivity index (χ2n) is 12.9. The number of carbonyl (C=O) groups is 1. The first kappa shape index (κ1) is 30.2. The van der Waals surface area contributed by atoms with Crippen molar-refractivity contribution in [3.05, 3.63) is 69.2 Å². The number of rotatable bonds is 6. The Bertz CT molecular complexity index is 1410. The fourth-order valence-electron chi connectivity index (χ4n) is 7.08. The molecule has 220 valence electrons. The fourth-order valence-corrected chi connectivity index (χ4v) is 7.38. The van der Waals surface area contributed by atoms with Gasteiger partial charge in [0.1, 0.15) is 17.0 Å². The molecule has 1 unspecified atom stereocenters. The molecule has 1 amide bonds. The van der Waals surface area contributed by atoms with Crippen molar-refractivity contribution in [3.8, 4) is 6.07 Å². The van der Waals surface area contributed by atoms with Crippen LogP contribution in [0.1, 0.15) is 64.5 Å². The molecule has 2 N–H and O–H groups in total. The highest BCUT2D eigenvalue weighted by molar-refractivity contribution is 6.31. The molecule has 2 saturated heterocycles. The smallest absolute Gasteiger partial charge is 0.237 e. The molecule has 3 fully saturated rings. The Kier molecular flexibility index (Phi) is 7.70. The monoisotopic (exact) mass is 605 g/mol. The molecule has 0 aromatic heterocycles. The van der Waals surface area contributed by atoms with Gasteiger partial charge in [-0.25, -0.2) is 8.78 Å². The van der Waals surface area contributed by atoms with Gasteiger partial charge >= 0.3 is 0 Å². The van der Waals surface area contributed by atoms with Gasteiger partial charge in [-0.2, -0.15) is 5.26 Å². The Morgan fingerprint density at radius 3 is 2.51 bits per heavy atom. The molecule has 3 aliphatic rings. The van der Waals surface area contributed by atoms with Crippen molar-refractivity contribution in [1.82, 2.24) is 10.6 Å². The summed E-state index contributed by atoms with van der Waals surface area (Å²) in [6.45, 7) is 10.6. The number of hydrogen-bond acceptors (Lipinski definition) is 5. The molecular weight excluding hydrogens is 571 g/mol. The van der Waals surface area contributed by atoms with E-state index in [1.54, 1.807) is 18.2 Å². The van der Waals surface area contributed by atoms with Gasteiger partial charge in [0.2, 0.25) is 5.91 Å². The summed E-state index contributed by atoms with van der Waals surface area (Å²) in [5.74, 6) is -3.57. The third kappa shape index (κ3) is 5.04. The molecule has 2 aromatic rings. The van der Waals surface area contributed by atoms with Crippen LogP contribution >= 0.6 is 23.2 Å². The summed E-state index contributed by atoms with van der Waals surface area (Å²) < 4.78 is 42.3. The van der Waals surface area contributed by atoms with Crippen LogP contribution in [0, 0.1) is 34.3 Å². The minimum Gasteiger partial charge on any atom is -0.355 e. The van der Waals surface area contributed by atoms with Crippen molar-refractivity contribution in [2.24, 2.45) is 11.3 Å². The molecule has 1 spiro atoms. The van der Waals surface area contributed by atoms with Gasteiger partial charge < -0.3 is 14.8 Å². The lowest BCUT2D eigenvalue weighted by molar-refractivity contribution is -0.138. The lowest BCUT2D eigenvalue weighted by atomic mass is 9.62. The molecule has 10 heteroatoms. The number of nitrogens with zero attached hydrogens (tertiary/aromatic N) is 1. The average molecular weight is 607 g/mol. The number of hydrogen-bond donors (Lipinski definition) is 2. The molecule has 2 heterocycles. The number of ether oxygens (including phenoxy) is 2. The fraction of sp³-hybridized carbons (Fsp3) is 0.548. The van der Waals surface area contributed by atoms with Gasteiger partial charge in [-0.05, 0) is 67.3 Å². The minimum atomic E-state index is -1.52. The van der Waals surface area contributed by atoms with Crippen molar-refractivity contribution in [2.45, 2.75) is 82.3 Å². The molecule has 0 bridgehead atoms. The third-order valence-electron chi connectivity index (χ3n) is 8.91. The van der Waals surface area contributed by atoms with Crippen molar-refractivity contribution in [2.75, 3.05) is 13.2 Å². The predicted molar refractivity (Wildman–Crippen MR) is 153 cm³/mol. The van der Waals surface area contributed by atoms with E-state index >= 15 is 4.39 Å². The normalized spacial score (nSPS) is 32.2. The average Bonchev–Trinajstić information content (AvgIpc) is 3.44. The van der Waals surface area contributed by atoms with E-state index in [0.717, 1.165) is 0 Å². The molecule has 6 atom stereocenters. The summed E-state index contributed by atoms with van der Waals surface area (Å²) in [5, 5.41) is 17.3. The SMILES string of the molecule is CC1(C)OC[C@H](CCNC(=O)[C@@H]2NC3(C[C@H]3C(C)(C)C)[C@](C#N)(c3ccc(Cl)c(F)c3)[C@H]2c2cccc(Cl)c2F)O1. The first-order valence-electron chi connectivity index (χ1n) is 13.8. The molecule has 0 radical (unpaired) electrons. The lowest BCUT2D eigenvalue weighted by Gasteiger charge is -2.37. The molecular formula is C31H35Cl2F2N3O3. The summed E-state index contributed by atoms with van der Waals surface area (Å²) in [5.41, 5.74) is -2.27. The zero-order chi connectivity index (χ0) is 30.0. The summed E-state index contributed by atoms with van der Waals surface area (Å²) >= 11 is 12.3. The molecule has 2 aromatic carbocycles. The van der Waals surface area contributed by atoms with Crippen LogP contribution in [-0.4, -0.2) is 42.5 Å². The Morgan fingerprint density at radius 1 is 1.20 bits per heavy atom. The maximum atomic E-state index is 15.8. The van der Waals surface area contributed by atoms with E-state index in [-0.39, 0.29) is 39.6 Å². The lowest BCUT2D eigenvalue weighted by Crippen LogP contribution is -2.48. The third-order valence-corrected chi connectivity index (χ3v) is 9.50. The summed E-state index contributed by atoms with van der Waals surface area (Å²) in [6, 6.07) is 10.3. The van der Waals surface area contributed by atoms with Crippen molar-refractivity contribution < 1.29 is 23.0 Å². The van der Waals surface area contributed by atoms with E-state index in [9.17, 15) is 14.4 Å². The molecule has 41 heavy (non-hydrogen) atoms. The van der Waals surface area contributed by atoms with Gasteiger partial charge in [-0.3, -0.25) is 10.1 Å². The van der Waals surface area contributed by atoms with E-state index in [1.807, 2.05) is 13.8 Å². The number of halogens is 4. The number of carbonyl (C=O) groups excluding carboxylic acids is 1. The van der Waals surface area contributed by atoms with Crippen LogP contribution in [0.4, 0.5) is 8.78 Å². The van der Waals surface area contributed by atoms with Crippen molar-refractivity contribution >= 4 is 29.1 Å².